The van der Waals surface area contributed by atoms with Crippen LogP contribution in [-0.4, -0.2) is 18.7 Å². The van der Waals surface area contributed by atoms with Gasteiger partial charge in [-0.15, -0.1) is 11.3 Å². The van der Waals surface area contributed by atoms with Gasteiger partial charge in [0.1, 0.15) is 5.01 Å². The lowest BCUT2D eigenvalue weighted by atomic mass is 10.1. The molecule has 2 N–H and O–H groups in total. The molecule has 74 valence electrons. The molecular weight excluding hydrogens is 184 g/mol. The molecule has 0 bridgehead atoms. The lowest BCUT2D eigenvalue weighted by molar-refractivity contribution is 0.141. The minimum absolute atomic E-state index is 0.460. The van der Waals surface area contributed by atoms with E-state index in [1.807, 2.05) is 13.8 Å². The van der Waals surface area contributed by atoms with Crippen molar-refractivity contribution in [3.05, 3.63) is 15.6 Å². The van der Waals surface area contributed by atoms with Crippen LogP contribution >= 0.6 is 11.3 Å². The number of hydrogen-bond donors (Lipinski definition) is 1. The Kier molecular flexibility index (Phi) is 3.05. The summed E-state index contributed by atoms with van der Waals surface area (Å²) in [4.78, 5) is 5.64. The minimum Gasteiger partial charge on any atom is -0.382 e. The van der Waals surface area contributed by atoms with Gasteiger partial charge in [-0.2, -0.15) is 0 Å². The number of ether oxygens (including phenoxy) is 1. The third kappa shape index (κ3) is 2.27. The van der Waals surface area contributed by atoms with Gasteiger partial charge in [-0.1, -0.05) is 0 Å². The van der Waals surface area contributed by atoms with Gasteiger partial charge in [0.15, 0.2) is 0 Å². The lowest BCUT2D eigenvalue weighted by Gasteiger charge is -2.20. The Bertz CT molecular complexity index is 274. The summed E-state index contributed by atoms with van der Waals surface area (Å²) in [5.41, 5.74) is 6.66. The van der Waals surface area contributed by atoms with Gasteiger partial charge in [0.25, 0.3) is 0 Å². The summed E-state index contributed by atoms with van der Waals surface area (Å²) in [5, 5.41) is 0.948. The lowest BCUT2D eigenvalue weighted by Crippen LogP contribution is -2.37. The Hall–Kier alpha value is -0.450. The van der Waals surface area contributed by atoms with Crippen LogP contribution < -0.4 is 5.73 Å². The average molecular weight is 200 g/mol. The maximum absolute atomic E-state index is 6.05. The molecule has 0 fully saturated rings. The number of hydrogen-bond acceptors (Lipinski definition) is 4. The zero-order valence-electron chi connectivity index (χ0n) is 8.55. The van der Waals surface area contributed by atoms with E-state index in [-0.39, 0.29) is 0 Å². The van der Waals surface area contributed by atoms with E-state index in [0.717, 1.165) is 10.7 Å². The van der Waals surface area contributed by atoms with Crippen LogP contribution in [0.3, 0.4) is 0 Å². The molecule has 1 aromatic heterocycles. The molecule has 1 rings (SSSR count). The first-order valence-corrected chi connectivity index (χ1v) is 5.01. The summed E-state index contributed by atoms with van der Waals surface area (Å²) < 4.78 is 5.05. The van der Waals surface area contributed by atoms with Crippen molar-refractivity contribution in [3.63, 3.8) is 0 Å². The Morgan fingerprint density at radius 2 is 2.15 bits per heavy atom. The summed E-state index contributed by atoms with van der Waals surface area (Å²) in [5.74, 6) is 0. The minimum atomic E-state index is -0.460. The molecule has 1 unspecified atom stereocenters. The molecule has 0 radical (unpaired) electrons. The molecular formula is C9H16N2OS. The quantitative estimate of drug-likeness (QED) is 0.806. The van der Waals surface area contributed by atoms with Gasteiger partial charge in [-0.25, -0.2) is 4.98 Å². The number of nitrogens with two attached hydrogens (primary N) is 1. The molecule has 0 aliphatic rings. The Labute approximate surface area is 82.9 Å². The number of aryl methyl sites for hydroxylation is 2. The van der Waals surface area contributed by atoms with Crippen LogP contribution in [0.2, 0.25) is 0 Å². The van der Waals surface area contributed by atoms with Crippen molar-refractivity contribution in [2.75, 3.05) is 13.7 Å². The molecule has 0 aliphatic heterocycles. The Morgan fingerprint density at radius 1 is 1.54 bits per heavy atom. The molecule has 3 nitrogen and oxygen atoms in total. The van der Waals surface area contributed by atoms with Crippen LogP contribution in [0.5, 0.6) is 0 Å². The standard InChI is InChI=1S/C9H16N2OS/c1-6-7(2)13-8(11-6)9(3,10)5-12-4/h5,10H2,1-4H3. The van der Waals surface area contributed by atoms with Gasteiger partial charge >= 0.3 is 0 Å². The van der Waals surface area contributed by atoms with Gasteiger partial charge in [0, 0.05) is 12.0 Å². The molecule has 13 heavy (non-hydrogen) atoms. The first-order chi connectivity index (χ1) is 5.97. The zero-order chi connectivity index (χ0) is 10.1. The number of rotatable bonds is 3. The van der Waals surface area contributed by atoms with Crippen LogP contribution in [0.1, 0.15) is 22.5 Å². The summed E-state index contributed by atoms with van der Waals surface area (Å²) in [6.07, 6.45) is 0. The number of aromatic nitrogens is 1. The van der Waals surface area contributed by atoms with Crippen LogP contribution in [0, 0.1) is 13.8 Å². The monoisotopic (exact) mass is 200 g/mol. The first-order valence-electron chi connectivity index (χ1n) is 4.19. The SMILES string of the molecule is COCC(C)(N)c1nc(C)c(C)s1. The predicted octanol–water partition coefficient (Wildman–Crippen LogP) is 1.58. The molecule has 0 aliphatic carbocycles. The number of nitrogens with zero attached hydrogens (tertiary/aromatic N) is 1. The molecule has 0 amide bonds. The maximum Gasteiger partial charge on any atom is 0.115 e. The van der Waals surface area contributed by atoms with Gasteiger partial charge in [-0.05, 0) is 20.8 Å². The molecule has 1 heterocycles. The highest BCUT2D eigenvalue weighted by Crippen LogP contribution is 2.25. The molecule has 0 spiro atoms. The number of thiazole rings is 1. The summed E-state index contributed by atoms with van der Waals surface area (Å²) in [7, 11) is 1.65. The average Bonchev–Trinajstić information content (AvgIpc) is 2.33. The van der Waals surface area contributed by atoms with Crippen LogP contribution in [0.25, 0.3) is 0 Å². The highest BCUT2D eigenvalue weighted by molar-refractivity contribution is 7.11. The first kappa shape index (κ1) is 10.6. The van der Waals surface area contributed by atoms with E-state index in [2.05, 4.69) is 11.9 Å². The third-order valence-corrected chi connectivity index (χ3v) is 3.31. The second-order valence-electron chi connectivity index (χ2n) is 3.51. The van der Waals surface area contributed by atoms with E-state index in [1.165, 1.54) is 4.88 Å². The van der Waals surface area contributed by atoms with Crippen LogP contribution in [0.15, 0.2) is 0 Å². The molecule has 4 heteroatoms. The van der Waals surface area contributed by atoms with Crippen molar-refractivity contribution >= 4 is 11.3 Å². The van der Waals surface area contributed by atoms with Crippen LogP contribution in [0.4, 0.5) is 0 Å². The van der Waals surface area contributed by atoms with E-state index in [9.17, 15) is 0 Å². The molecule has 0 saturated carbocycles. The van der Waals surface area contributed by atoms with Gasteiger partial charge < -0.3 is 10.5 Å². The molecule has 1 aromatic rings. The van der Waals surface area contributed by atoms with E-state index in [0.29, 0.717) is 6.61 Å². The van der Waals surface area contributed by atoms with Crippen molar-refractivity contribution < 1.29 is 4.74 Å². The van der Waals surface area contributed by atoms with E-state index in [4.69, 9.17) is 10.5 Å². The van der Waals surface area contributed by atoms with E-state index >= 15 is 0 Å². The van der Waals surface area contributed by atoms with E-state index < -0.39 is 5.54 Å². The van der Waals surface area contributed by atoms with Crippen molar-refractivity contribution in [2.24, 2.45) is 5.73 Å². The van der Waals surface area contributed by atoms with Gasteiger partial charge in [0.05, 0.1) is 17.8 Å². The maximum atomic E-state index is 6.05. The normalized spacial score (nSPS) is 15.8. The van der Waals surface area contributed by atoms with Gasteiger partial charge in [-0.3, -0.25) is 0 Å². The number of methoxy groups -OCH3 is 1. The smallest absolute Gasteiger partial charge is 0.115 e. The predicted molar refractivity (Wildman–Crippen MR) is 55.0 cm³/mol. The zero-order valence-corrected chi connectivity index (χ0v) is 9.36. The molecule has 0 aromatic carbocycles. The fourth-order valence-electron chi connectivity index (χ4n) is 1.08. The van der Waals surface area contributed by atoms with Gasteiger partial charge in [0.2, 0.25) is 0 Å². The van der Waals surface area contributed by atoms with E-state index in [1.54, 1.807) is 18.4 Å². The highest BCUT2D eigenvalue weighted by atomic mass is 32.1. The topological polar surface area (TPSA) is 48.1 Å². The van der Waals surface area contributed by atoms with Crippen molar-refractivity contribution in [1.82, 2.24) is 4.98 Å². The summed E-state index contributed by atoms with van der Waals surface area (Å²) in [6, 6.07) is 0. The fourth-order valence-corrected chi connectivity index (χ4v) is 2.04. The Balaban J connectivity index is 2.93. The van der Waals surface area contributed by atoms with Crippen molar-refractivity contribution in [2.45, 2.75) is 26.3 Å². The Morgan fingerprint density at radius 3 is 2.54 bits per heavy atom. The second kappa shape index (κ2) is 3.74. The van der Waals surface area contributed by atoms with Crippen LogP contribution in [-0.2, 0) is 10.3 Å². The highest BCUT2D eigenvalue weighted by Gasteiger charge is 2.25. The molecule has 0 saturated heterocycles. The second-order valence-corrected chi connectivity index (χ2v) is 4.71. The third-order valence-electron chi connectivity index (χ3n) is 1.96. The van der Waals surface area contributed by atoms with Crippen molar-refractivity contribution in [3.8, 4) is 0 Å². The molecule has 1 atom stereocenters. The fraction of sp³-hybridized carbons (Fsp3) is 0.667. The van der Waals surface area contributed by atoms with Crippen molar-refractivity contribution in [1.29, 1.82) is 0 Å². The largest absolute Gasteiger partial charge is 0.382 e. The summed E-state index contributed by atoms with van der Waals surface area (Å²) >= 11 is 1.65. The summed E-state index contributed by atoms with van der Waals surface area (Å²) in [6.45, 7) is 6.49.